The number of nitrogens with two attached hydrogens (primary N) is 1. The fourth-order valence-corrected chi connectivity index (χ4v) is 2.23. The zero-order valence-electron chi connectivity index (χ0n) is 12.1. The molecule has 0 radical (unpaired) electrons. The summed E-state index contributed by atoms with van der Waals surface area (Å²) in [6.07, 6.45) is 4.97. The summed E-state index contributed by atoms with van der Waals surface area (Å²) >= 11 is 0. The predicted molar refractivity (Wildman–Crippen MR) is 77.4 cm³/mol. The Hall–Kier alpha value is -1.42. The number of amides is 1. The Morgan fingerprint density at radius 2 is 1.95 bits per heavy atom. The fraction of sp³-hybridized carbons (Fsp3) is 0.600. The van der Waals surface area contributed by atoms with Crippen LogP contribution >= 0.6 is 0 Å². The van der Waals surface area contributed by atoms with Crippen molar-refractivity contribution in [1.29, 1.82) is 0 Å². The molecule has 0 saturated heterocycles. The Labute approximate surface area is 115 Å². The van der Waals surface area contributed by atoms with Gasteiger partial charge in [0.25, 0.3) is 0 Å². The molecule has 1 heterocycles. The van der Waals surface area contributed by atoms with Crippen LogP contribution in [0.4, 0.5) is 0 Å². The van der Waals surface area contributed by atoms with E-state index in [1.54, 1.807) is 12.4 Å². The molecule has 1 unspecified atom stereocenters. The van der Waals surface area contributed by atoms with E-state index in [-0.39, 0.29) is 17.9 Å². The van der Waals surface area contributed by atoms with Crippen molar-refractivity contribution in [2.45, 2.75) is 39.7 Å². The first kappa shape index (κ1) is 15.6. The summed E-state index contributed by atoms with van der Waals surface area (Å²) in [5.41, 5.74) is 6.79. The molecule has 106 valence electrons. The van der Waals surface area contributed by atoms with Gasteiger partial charge in [-0.05, 0) is 49.4 Å². The van der Waals surface area contributed by atoms with Crippen molar-refractivity contribution >= 4 is 5.91 Å². The normalized spacial score (nSPS) is 14.2. The van der Waals surface area contributed by atoms with Gasteiger partial charge < -0.3 is 11.1 Å². The molecular weight excluding hydrogens is 238 g/mol. The second-order valence-electron chi connectivity index (χ2n) is 5.51. The molecule has 0 fully saturated rings. The molecule has 1 aromatic heterocycles. The van der Waals surface area contributed by atoms with Gasteiger partial charge in [0.2, 0.25) is 5.91 Å². The van der Waals surface area contributed by atoms with Gasteiger partial charge in [0.05, 0.1) is 6.04 Å². The molecule has 19 heavy (non-hydrogen) atoms. The number of nitrogens with zero attached hydrogens (tertiary/aromatic N) is 1. The van der Waals surface area contributed by atoms with Crippen LogP contribution in [0.1, 0.15) is 45.2 Å². The lowest BCUT2D eigenvalue weighted by Gasteiger charge is -2.19. The first-order chi connectivity index (χ1) is 9.02. The summed E-state index contributed by atoms with van der Waals surface area (Å²) in [6, 6.07) is 3.84. The molecule has 0 aliphatic heterocycles. The van der Waals surface area contributed by atoms with Crippen LogP contribution < -0.4 is 11.1 Å². The van der Waals surface area contributed by atoms with Crippen LogP contribution in [0.15, 0.2) is 24.5 Å². The zero-order chi connectivity index (χ0) is 14.3. The second kappa shape index (κ2) is 7.89. The molecule has 3 N–H and O–H groups in total. The Morgan fingerprint density at radius 3 is 2.47 bits per heavy atom. The highest BCUT2D eigenvalue weighted by Gasteiger charge is 2.16. The van der Waals surface area contributed by atoms with Crippen molar-refractivity contribution in [1.82, 2.24) is 10.3 Å². The number of nitrogens with one attached hydrogen (secondary N) is 1. The van der Waals surface area contributed by atoms with Gasteiger partial charge in [-0.15, -0.1) is 0 Å². The molecular formula is C15H25N3O. The molecule has 1 aromatic rings. The topological polar surface area (TPSA) is 68.0 Å². The van der Waals surface area contributed by atoms with Crippen molar-refractivity contribution in [3.63, 3.8) is 0 Å². The maximum atomic E-state index is 12.0. The third-order valence-electron chi connectivity index (χ3n) is 3.20. The number of carbonyl (C=O) groups is 1. The van der Waals surface area contributed by atoms with Crippen molar-refractivity contribution in [3.05, 3.63) is 30.1 Å². The number of aromatic nitrogens is 1. The number of pyridine rings is 1. The molecule has 4 heteroatoms. The third kappa shape index (κ3) is 5.83. The van der Waals surface area contributed by atoms with E-state index >= 15 is 0 Å². The Bertz CT molecular complexity index is 378. The number of rotatable bonds is 7. The Kier molecular flexibility index (Phi) is 6.50. The van der Waals surface area contributed by atoms with Crippen LogP contribution in [0, 0.1) is 11.8 Å². The predicted octanol–water partition coefficient (Wildman–Crippen LogP) is 2.27. The van der Waals surface area contributed by atoms with Crippen LogP contribution in [-0.4, -0.2) is 17.4 Å². The van der Waals surface area contributed by atoms with E-state index in [4.69, 9.17) is 5.73 Å². The van der Waals surface area contributed by atoms with Crippen molar-refractivity contribution in [2.75, 3.05) is 6.54 Å². The van der Waals surface area contributed by atoms with E-state index in [9.17, 15) is 4.79 Å². The van der Waals surface area contributed by atoms with Crippen molar-refractivity contribution in [2.24, 2.45) is 17.6 Å². The monoisotopic (exact) mass is 263 g/mol. The Balaban J connectivity index is 2.46. The number of hydrogen-bond acceptors (Lipinski definition) is 3. The molecule has 0 aromatic carbocycles. The maximum absolute atomic E-state index is 12.0. The second-order valence-corrected chi connectivity index (χ2v) is 5.51. The highest BCUT2D eigenvalue weighted by molar-refractivity contribution is 5.76. The fourth-order valence-electron chi connectivity index (χ4n) is 2.23. The zero-order valence-corrected chi connectivity index (χ0v) is 12.1. The highest BCUT2D eigenvalue weighted by atomic mass is 16.1. The molecule has 0 aliphatic rings. The molecule has 4 nitrogen and oxygen atoms in total. The van der Waals surface area contributed by atoms with E-state index in [0.717, 1.165) is 12.0 Å². The summed E-state index contributed by atoms with van der Waals surface area (Å²) in [4.78, 5) is 16.0. The smallest absolute Gasteiger partial charge is 0.220 e. The largest absolute Gasteiger partial charge is 0.350 e. The van der Waals surface area contributed by atoms with Gasteiger partial charge in [0.1, 0.15) is 0 Å². The van der Waals surface area contributed by atoms with Crippen LogP contribution in [0.25, 0.3) is 0 Å². The average Bonchev–Trinajstić information content (AvgIpc) is 2.38. The van der Waals surface area contributed by atoms with Gasteiger partial charge in [-0.2, -0.15) is 0 Å². The van der Waals surface area contributed by atoms with Crippen molar-refractivity contribution in [3.8, 4) is 0 Å². The lowest BCUT2D eigenvalue weighted by Crippen LogP contribution is -2.30. The highest BCUT2D eigenvalue weighted by Crippen LogP contribution is 2.16. The summed E-state index contributed by atoms with van der Waals surface area (Å²) in [6.45, 7) is 6.85. The molecule has 0 aliphatic carbocycles. The molecule has 1 rings (SSSR count). The van der Waals surface area contributed by atoms with E-state index in [2.05, 4.69) is 24.1 Å². The van der Waals surface area contributed by atoms with E-state index in [1.165, 1.54) is 0 Å². The van der Waals surface area contributed by atoms with Gasteiger partial charge in [0.15, 0.2) is 0 Å². The van der Waals surface area contributed by atoms with Gasteiger partial charge >= 0.3 is 0 Å². The van der Waals surface area contributed by atoms with Gasteiger partial charge in [0, 0.05) is 18.8 Å². The number of hydrogen-bond donors (Lipinski definition) is 2. The van der Waals surface area contributed by atoms with Gasteiger partial charge in [-0.1, -0.05) is 13.8 Å². The first-order valence-electron chi connectivity index (χ1n) is 6.92. The maximum Gasteiger partial charge on any atom is 0.220 e. The lowest BCUT2D eigenvalue weighted by atomic mass is 9.94. The molecule has 0 spiro atoms. The minimum atomic E-state index is 0.00738. The van der Waals surface area contributed by atoms with Crippen LogP contribution in [-0.2, 0) is 4.79 Å². The minimum absolute atomic E-state index is 0.00738. The third-order valence-corrected chi connectivity index (χ3v) is 3.20. The lowest BCUT2D eigenvalue weighted by molar-refractivity contribution is -0.122. The van der Waals surface area contributed by atoms with E-state index in [1.807, 2.05) is 19.1 Å². The molecule has 0 bridgehead atoms. The van der Waals surface area contributed by atoms with Crippen LogP contribution in [0.2, 0.25) is 0 Å². The average molecular weight is 263 g/mol. The summed E-state index contributed by atoms with van der Waals surface area (Å²) < 4.78 is 0. The molecule has 1 amide bonds. The van der Waals surface area contributed by atoms with Gasteiger partial charge in [-0.25, -0.2) is 0 Å². The summed E-state index contributed by atoms with van der Waals surface area (Å²) in [7, 11) is 0. The van der Waals surface area contributed by atoms with Crippen LogP contribution in [0.5, 0.6) is 0 Å². The molecule has 0 saturated carbocycles. The van der Waals surface area contributed by atoms with Crippen LogP contribution in [0.3, 0.4) is 0 Å². The SMILES string of the molecule is CC(C)CC(CN)CC(=O)N[C@@H](C)c1ccncc1. The summed E-state index contributed by atoms with van der Waals surface area (Å²) in [5.74, 6) is 0.907. The molecule has 2 atom stereocenters. The minimum Gasteiger partial charge on any atom is -0.350 e. The van der Waals surface area contributed by atoms with E-state index < -0.39 is 0 Å². The quantitative estimate of drug-likeness (QED) is 0.793. The summed E-state index contributed by atoms with van der Waals surface area (Å²) in [5, 5.41) is 3.01. The van der Waals surface area contributed by atoms with E-state index in [0.29, 0.717) is 18.9 Å². The first-order valence-corrected chi connectivity index (χ1v) is 6.92. The standard InChI is InChI=1S/C15H25N3O/c1-11(2)8-13(10-16)9-15(19)18-12(3)14-4-6-17-7-5-14/h4-7,11-13H,8-10,16H2,1-3H3,(H,18,19)/t12-,13?/m0/s1. The Morgan fingerprint density at radius 1 is 1.32 bits per heavy atom. The number of carbonyl (C=O) groups excluding carboxylic acids is 1. The van der Waals surface area contributed by atoms with Crippen molar-refractivity contribution < 1.29 is 4.79 Å². The van der Waals surface area contributed by atoms with Gasteiger partial charge in [-0.3, -0.25) is 9.78 Å².